The molecule has 7 heteroatoms. The molecule has 3 aromatic carbocycles. The smallest absolute Gasteiger partial charge is 0.160 e. The van der Waals surface area contributed by atoms with Gasteiger partial charge in [0, 0.05) is 29.1 Å². The number of aryl methyl sites for hydroxylation is 1. The lowest BCUT2D eigenvalue weighted by molar-refractivity contribution is -0.113. The summed E-state index contributed by atoms with van der Waals surface area (Å²) in [5.74, 6) is 1.23. The zero-order valence-corrected chi connectivity index (χ0v) is 23.9. The lowest BCUT2D eigenvalue weighted by atomic mass is 10.0. The van der Waals surface area contributed by atoms with Crippen LogP contribution in [0.25, 0.3) is 17.2 Å². The molecule has 0 aliphatic rings. The van der Waals surface area contributed by atoms with Crippen molar-refractivity contribution in [2.75, 3.05) is 6.61 Å². The van der Waals surface area contributed by atoms with Crippen LogP contribution in [0.15, 0.2) is 90.2 Å². The monoisotopic (exact) mass is 560 g/mol. The van der Waals surface area contributed by atoms with Crippen LogP contribution in [0.2, 0.25) is 5.02 Å². The fraction of sp³-hybridized carbons (Fsp3) is 0.250. The number of carbonyl (C=O) groups is 1. The number of aromatic nitrogens is 2. The number of imidazole rings is 1. The quantitative estimate of drug-likeness (QED) is 0.125. The molecule has 0 amide bonds. The summed E-state index contributed by atoms with van der Waals surface area (Å²) in [6.45, 7) is 5.68. The predicted octanol–water partition coefficient (Wildman–Crippen LogP) is 7.54. The first kappa shape index (κ1) is 28.5. The molecule has 4 aromatic rings. The van der Waals surface area contributed by atoms with E-state index in [9.17, 15) is 9.00 Å². The summed E-state index contributed by atoms with van der Waals surface area (Å²) in [7, 11) is -1.18. The summed E-state index contributed by atoms with van der Waals surface area (Å²) in [6.07, 6.45) is 9.21. The predicted molar refractivity (Wildman–Crippen MR) is 159 cm³/mol. The highest BCUT2D eigenvalue weighted by Crippen LogP contribution is 2.28. The van der Waals surface area contributed by atoms with Crippen molar-refractivity contribution in [3.63, 3.8) is 0 Å². The summed E-state index contributed by atoms with van der Waals surface area (Å²) >= 11 is 6.42. The molecule has 0 aliphatic carbocycles. The van der Waals surface area contributed by atoms with Crippen molar-refractivity contribution in [2.45, 2.75) is 50.3 Å². The summed E-state index contributed by atoms with van der Waals surface area (Å²) in [6, 6.07) is 21.2. The minimum atomic E-state index is -1.18. The number of ketones is 1. The Labute approximate surface area is 238 Å². The van der Waals surface area contributed by atoms with Crippen LogP contribution in [0.3, 0.4) is 0 Å². The van der Waals surface area contributed by atoms with E-state index in [1.165, 1.54) is 0 Å². The van der Waals surface area contributed by atoms with Crippen molar-refractivity contribution in [3.05, 3.63) is 107 Å². The van der Waals surface area contributed by atoms with Crippen LogP contribution >= 0.6 is 11.6 Å². The normalized spacial score (nSPS) is 12.1. The van der Waals surface area contributed by atoms with E-state index >= 15 is 0 Å². The van der Waals surface area contributed by atoms with Gasteiger partial charge in [-0.05, 0) is 84.1 Å². The molecule has 4 rings (SSSR count). The van der Waals surface area contributed by atoms with Gasteiger partial charge in [-0.25, -0.2) is 4.98 Å². The minimum Gasteiger partial charge on any atom is -0.494 e. The van der Waals surface area contributed by atoms with Gasteiger partial charge in [0.25, 0.3) is 0 Å². The maximum absolute atomic E-state index is 12.8. The highest BCUT2D eigenvalue weighted by molar-refractivity contribution is 7.84. The number of hydrogen-bond acceptors (Lipinski definition) is 4. The average Bonchev–Trinajstić information content (AvgIpc) is 3.40. The van der Waals surface area contributed by atoms with E-state index in [0.29, 0.717) is 10.8 Å². The molecule has 0 saturated carbocycles. The summed E-state index contributed by atoms with van der Waals surface area (Å²) in [5, 5.41) is 0.582. The molecule has 0 bridgehead atoms. The molecular formula is C32H33ClN2O3S. The fourth-order valence-electron chi connectivity index (χ4n) is 4.10. The van der Waals surface area contributed by atoms with E-state index in [1.54, 1.807) is 24.7 Å². The van der Waals surface area contributed by atoms with Crippen molar-refractivity contribution in [1.29, 1.82) is 0 Å². The zero-order chi connectivity index (χ0) is 27.6. The summed E-state index contributed by atoms with van der Waals surface area (Å²) < 4.78 is 20.5. The van der Waals surface area contributed by atoms with Crippen molar-refractivity contribution >= 4 is 34.3 Å². The van der Waals surface area contributed by atoms with Crippen LogP contribution in [0.5, 0.6) is 5.75 Å². The summed E-state index contributed by atoms with van der Waals surface area (Å²) in [5.41, 5.74) is 4.65. The van der Waals surface area contributed by atoms with Gasteiger partial charge in [-0.3, -0.25) is 9.00 Å². The average molecular weight is 561 g/mol. The van der Waals surface area contributed by atoms with Gasteiger partial charge in [-0.2, -0.15) is 0 Å². The van der Waals surface area contributed by atoms with Crippen molar-refractivity contribution in [2.24, 2.45) is 0 Å². The highest BCUT2D eigenvalue weighted by Gasteiger charge is 2.10. The van der Waals surface area contributed by atoms with E-state index in [2.05, 4.69) is 11.9 Å². The Bertz CT molecular complexity index is 1440. The number of allylic oxidation sites excluding steroid dienone is 1. The third-order valence-electron chi connectivity index (χ3n) is 6.38. The van der Waals surface area contributed by atoms with Crippen molar-refractivity contribution < 1.29 is 13.7 Å². The number of nitrogens with zero attached hydrogens (tertiary/aromatic N) is 2. The van der Waals surface area contributed by atoms with Gasteiger partial charge in [-0.1, -0.05) is 55.3 Å². The third kappa shape index (κ3) is 8.01. The number of unbranched alkanes of at least 4 members (excludes halogenated alkanes) is 1. The number of halogens is 1. The van der Waals surface area contributed by atoms with E-state index in [-0.39, 0.29) is 12.2 Å². The van der Waals surface area contributed by atoms with Crippen LogP contribution in [-0.2, 0) is 34.3 Å². The molecule has 5 nitrogen and oxygen atoms in total. The number of ether oxygens (including phenoxy) is 1. The van der Waals surface area contributed by atoms with Crippen molar-refractivity contribution in [3.8, 4) is 16.9 Å². The molecule has 0 radical (unpaired) electrons. The van der Waals surface area contributed by atoms with Gasteiger partial charge in [0.15, 0.2) is 5.78 Å². The Morgan fingerprint density at radius 1 is 1.03 bits per heavy atom. The van der Waals surface area contributed by atoms with Crippen LogP contribution < -0.4 is 4.74 Å². The first-order valence-corrected chi connectivity index (χ1v) is 14.9. The SMILES string of the molecule is CCCCOc1ccc(-c2ccc(Cl)c(/C=C/C(=O)Cc3ccc(S(=O)Cc4cncn4CC)cc3)c2)cc1. The number of hydrogen-bond donors (Lipinski definition) is 0. The molecule has 39 heavy (non-hydrogen) atoms. The molecule has 0 fully saturated rings. The Balaban J connectivity index is 1.36. The Hall–Kier alpha value is -3.48. The van der Waals surface area contributed by atoms with E-state index in [0.717, 1.165) is 64.6 Å². The Kier molecular flexibility index (Phi) is 10.3. The second kappa shape index (κ2) is 14.1. The second-order valence-electron chi connectivity index (χ2n) is 9.24. The largest absolute Gasteiger partial charge is 0.494 e. The first-order valence-electron chi connectivity index (χ1n) is 13.2. The maximum Gasteiger partial charge on any atom is 0.160 e. The Morgan fingerprint density at radius 3 is 2.49 bits per heavy atom. The standard InChI is InChI=1S/C32H33ClN2O3S/c1-3-5-18-38-30-13-9-25(10-14-30)26-11-17-32(33)27(20-26)8-12-29(36)19-24-6-15-31(16-7-24)39(37)22-28-21-34-23-35(28)4-2/h6-17,20-21,23H,3-5,18-19,22H2,1-2H3/b12-8+. The number of rotatable bonds is 13. The van der Waals surface area contributed by atoms with Crippen LogP contribution in [0.4, 0.5) is 0 Å². The molecule has 0 saturated heterocycles. The molecule has 0 spiro atoms. The maximum atomic E-state index is 12.8. The second-order valence-corrected chi connectivity index (χ2v) is 11.1. The van der Waals surface area contributed by atoms with Gasteiger partial charge in [0.1, 0.15) is 5.75 Å². The minimum absolute atomic E-state index is 0.0363. The topological polar surface area (TPSA) is 61.2 Å². The van der Waals surface area contributed by atoms with Crippen molar-refractivity contribution in [1.82, 2.24) is 9.55 Å². The van der Waals surface area contributed by atoms with Gasteiger partial charge in [0.2, 0.25) is 0 Å². The van der Waals surface area contributed by atoms with Crippen LogP contribution in [0, 0.1) is 0 Å². The lowest BCUT2D eigenvalue weighted by Gasteiger charge is -2.08. The van der Waals surface area contributed by atoms with E-state index in [1.807, 2.05) is 78.2 Å². The molecule has 0 aliphatic heterocycles. The Morgan fingerprint density at radius 2 is 1.77 bits per heavy atom. The first-order chi connectivity index (χ1) is 19.0. The lowest BCUT2D eigenvalue weighted by Crippen LogP contribution is -2.04. The van der Waals surface area contributed by atoms with E-state index < -0.39 is 10.8 Å². The fourth-order valence-corrected chi connectivity index (χ4v) is 5.40. The molecule has 1 unspecified atom stereocenters. The molecule has 1 aromatic heterocycles. The molecular weight excluding hydrogens is 528 g/mol. The van der Waals surface area contributed by atoms with Crippen LogP contribution in [0.1, 0.15) is 43.5 Å². The molecule has 1 atom stereocenters. The van der Waals surface area contributed by atoms with Gasteiger partial charge in [-0.15, -0.1) is 0 Å². The molecule has 0 N–H and O–H groups in total. The van der Waals surface area contributed by atoms with Gasteiger partial charge in [0.05, 0.1) is 35.2 Å². The third-order valence-corrected chi connectivity index (χ3v) is 8.08. The van der Waals surface area contributed by atoms with Gasteiger partial charge < -0.3 is 9.30 Å². The van der Waals surface area contributed by atoms with Gasteiger partial charge >= 0.3 is 0 Å². The molecule has 202 valence electrons. The number of benzene rings is 3. The van der Waals surface area contributed by atoms with E-state index in [4.69, 9.17) is 16.3 Å². The highest BCUT2D eigenvalue weighted by atomic mass is 35.5. The summed E-state index contributed by atoms with van der Waals surface area (Å²) in [4.78, 5) is 17.6. The van der Waals surface area contributed by atoms with Crippen LogP contribution in [-0.4, -0.2) is 26.2 Å². The number of carbonyl (C=O) groups excluding carboxylic acids is 1. The molecule has 1 heterocycles. The zero-order valence-electron chi connectivity index (χ0n) is 22.3.